The second-order valence-electron chi connectivity index (χ2n) is 7.89. The highest BCUT2D eigenvalue weighted by atomic mass is 35.5. The van der Waals surface area contributed by atoms with Gasteiger partial charge in [0.25, 0.3) is 0 Å². The Balaban J connectivity index is 1.43. The number of hydrogen-bond acceptors (Lipinski definition) is 4. The van der Waals surface area contributed by atoms with Gasteiger partial charge >= 0.3 is 0 Å². The van der Waals surface area contributed by atoms with Crippen LogP contribution in [0.3, 0.4) is 0 Å². The summed E-state index contributed by atoms with van der Waals surface area (Å²) in [6, 6.07) is 20.2. The second kappa shape index (κ2) is 9.15. The number of imidazole rings is 1. The van der Waals surface area contributed by atoms with Crippen LogP contribution in [0.2, 0.25) is 5.02 Å². The minimum absolute atomic E-state index is 0.236. The van der Waals surface area contributed by atoms with Crippen LogP contribution in [0.25, 0.3) is 22.5 Å². The fourth-order valence-electron chi connectivity index (χ4n) is 4.26. The van der Waals surface area contributed by atoms with Crippen molar-refractivity contribution in [1.82, 2.24) is 14.5 Å². The van der Waals surface area contributed by atoms with Gasteiger partial charge < -0.3 is 14.0 Å². The standard InChI is InChI=1S/C26H24ClN3O2/c1-31-23-9-2-18(3-10-23)16-32-17-22-8-11-24-29-25(19-4-6-21(27)7-5-19)26(30(22)24)20-12-14-28-15-13-20/h2-7,9-10,12-15,22H,8,11,16-17H2,1H3. The molecule has 0 bridgehead atoms. The highest BCUT2D eigenvalue weighted by Gasteiger charge is 2.30. The van der Waals surface area contributed by atoms with Gasteiger partial charge in [0.2, 0.25) is 0 Å². The van der Waals surface area contributed by atoms with E-state index in [-0.39, 0.29) is 6.04 Å². The van der Waals surface area contributed by atoms with E-state index in [0.29, 0.717) is 13.2 Å². The van der Waals surface area contributed by atoms with Crippen LogP contribution in [0.1, 0.15) is 23.9 Å². The van der Waals surface area contributed by atoms with Crippen LogP contribution >= 0.6 is 11.6 Å². The largest absolute Gasteiger partial charge is 0.497 e. The van der Waals surface area contributed by atoms with Crippen LogP contribution in [-0.2, 0) is 17.8 Å². The number of benzene rings is 2. The molecule has 5 rings (SSSR count). The number of ether oxygens (including phenoxy) is 2. The maximum atomic E-state index is 6.14. The molecule has 1 aliphatic rings. The first-order chi connectivity index (χ1) is 15.7. The number of methoxy groups -OCH3 is 1. The van der Waals surface area contributed by atoms with E-state index >= 15 is 0 Å². The van der Waals surface area contributed by atoms with Crippen molar-refractivity contribution in [3.8, 4) is 28.3 Å². The summed E-state index contributed by atoms with van der Waals surface area (Å²) in [4.78, 5) is 9.23. The van der Waals surface area contributed by atoms with E-state index in [1.807, 2.05) is 73.1 Å². The molecule has 0 radical (unpaired) electrons. The summed E-state index contributed by atoms with van der Waals surface area (Å²) in [6.45, 7) is 1.20. The highest BCUT2D eigenvalue weighted by Crippen LogP contribution is 2.39. The van der Waals surface area contributed by atoms with Gasteiger partial charge in [-0.15, -0.1) is 0 Å². The van der Waals surface area contributed by atoms with E-state index < -0.39 is 0 Å². The first-order valence-corrected chi connectivity index (χ1v) is 11.1. The van der Waals surface area contributed by atoms with E-state index in [4.69, 9.17) is 26.1 Å². The van der Waals surface area contributed by atoms with Crippen molar-refractivity contribution in [3.05, 3.63) is 89.5 Å². The van der Waals surface area contributed by atoms with E-state index in [9.17, 15) is 0 Å². The Kier molecular flexibility index (Phi) is 5.93. The number of fused-ring (bicyclic) bond motifs is 1. The molecule has 3 heterocycles. The van der Waals surface area contributed by atoms with Gasteiger partial charge in [0.1, 0.15) is 11.6 Å². The fourth-order valence-corrected chi connectivity index (χ4v) is 4.39. The quantitative estimate of drug-likeness (QED) is 0.351. The third-order valence-electron chi connectivity index (χ3n) is 5.86. The Labute approximate surface area is 192 Å². The van der Waals surface area contributed by atoms with E-state index in [0.717, 1.165) is 57.5 Å². The number of hydrogen-bond donors (Lipinski definition) is 0. The lowest BCUT2D eigenvalue weighted by Gasteiger charge is -2.18. The Morgan fingerprint density at radius 3 is 2.44 bits per heavy atom. The number of rotatable bonds is 7. The molecule has 0 N–H and O–H groups in total. The van der Waals surface area contributed by atoms with Gasteiger partial charge in [0.05, 0.1) is 37.8 Å². The van der Waals surface area contributed by atoms with Crippen LogP contribution in [-0.4, -0.2) is 28.3 Å². The first kappa shape index (κ1) is 20.7. The normalized spacial score (nSPS) is 15.0. The monoisotopic (exact) mass is 445 g/mol. The van der Waals surface area contributed by atoms with Crippen molar-refractivity contribution in [2.24, 2.45) is 0 Å². The SMILES string of the molecule is COc1ccc(COCC2CCc3nc(-c4ccc(Cl)cc4)c(-c4ccncc4)n32)cc1. The van der Waals surface area contributed by atoms with E-state index in [2.05, 4.69) is 9.55 Å². The molecule has 1 aliphatic heterocycles. The van der Waals surface area contributed by atoms with Crippen LogP contribution in [0.4, 0.5) is 0 Å². The lowest BCUT2D eigenvalue weighted by atomic mass is 10.0. The molecule has 0 saturated heterocycles. The number of halogens is 1. The van der Waals surface area contributed by atoms with Crippen LogP contribution in [0, 0.1) is 0 Å². The van der Waals surface area contributed by atoms with Gasteiger partial charge in [0, 0.05) is 35.0 Å². The average molecular weight is 446 g/mol. The molecule has 162 valence electrons. The van der Waals surface area contributed by atoms with Gasteiger partial charge in [-0.2, -0.15) is 0 Å². The molecule has 5 nitrogen and oxygen atoms in total. The summed E-state index contributed by atoms with van der Waals surface area (Å²) in [5, 5.41) is 0.718. The minimum Gasteiger partial charge on any atom is -0.497 e. The van der Waals surface area contributed by atoms with E-state index in [1.54, 1.807) is 7.11 Å². The molecule has 0 fully saturated rings. The third kappa shape index (κ3) is 4.14. The summed E-state index contributed by atoms with van der Waals surface area (Å²) in [5.41, 5.74) is 5.38. The lowest BCUT2D eigenvalue weighted by Crippen LogP contribution is -2.13. The second-order valence-corrected chi connectivity index (χ2v) is 8.33. The summed E-state index contributed by atoms with van der Waals surface area (Å²) >= 11 is 6.12. The van der Waals surface area contributed by atoms with Crippen LogP contribution < -0.4 is 4.74 Å². The van der Waals surface area contributed by atoms with Gasteiger partial charge in [0.15, 0.2) is 0 Å². The number of aromatic nitrogens is 3. The van der Waals surface area contributed by atoms with Gasteiger partial charge in [-0.25, -0.2) is 4.98 Å². The summed E-state index contributed by atoms with van der Waals surface area (Å²) in [5.74, 6) is 1.95. The minimum atomic E-state index is 0.236. The molecule has 0 amide bonds. The molecule has 1 atom stereocenters. The lowest BCUT2D eigenvalue weighted by molar-refractivity contribution is 0.0925. The topological polar surface area (TPSA) is 49.2 Å². The predicted molar refractivity (Wildman–Crippen MR) is 126 cm³/mol. The molecule has 0 saturated carbocycles. The number of pyridine rings is 1. The number of nitrogens with zero attached hydrogens (tertiary/aromatic N) is 3. The Bertz CT molecular complexity index is 1190. The summed E-state index contributed by atoms with van der Waals surface area (Å²) in [6.07, 6.45) is 5.60. The van der Waals surface area contributed by atoms with Gasteiger partial charge in [-0.1, -0.05) is 35.9 Å². The smallest absolute Gasteiger partial charge is 0.118 e. The Hall–Kier alpha value is -3.15. The zero-order valence-electron chi connectivity index (χ0n) is 17.9. The highest BCUT2D eigenvalue weighted by molar-refractivity contribution is 6.30. The van der Waals surface area contributed by atoms with Gasteiger partial charge in [-0.05, 0) is 48.4 Å². The zero-order valence-corrected chi connectivity index (χ0v) is 18.6. The predicted octanol–water partition coefficient (Wildman–Crippen LogP) is 5.98. The molecular weight excluding hydrogens is 422 g/mol. The van der Waals surface area contributed by atoms with E-state index in [1.165, 1.54) is 0 Å². The van der Waals surface area contributed by atoms with Crippen LogP contribution in [0.5, 0.6) is 5.75 Å². The number of aryl methyl sites for hydroxylation is 1. The third-order valence-corrected chi connectivity index (χ3v) is 6.11. The van der Waals surface area contributed by atoms with Crippen molar-refractivity contribution in [2.45, 2.75) is 25.5 Å². The Morgan fingerprint density at radius 2 is 1.72 bits per heavy atom. The molecule has 6 heteroatoms. The van der Waals surface area contributed by atoms with Crippen molar-refractivity contribution in [3.63, 3.8) is 0 Å². The molecular formula is C26H24ClN3O2. The summed E-state index contributed by atoms with van der Waals surface area (Å²) < 4.78 is 13.7. The van der Waals surface area contributed by atoms with Crippen molar-refractivity contribution in [1.29, 1.82) is 0 Å². The Morgan fingerprint density at radius 1 is 0.969 bits per heavy atom. The molecule has 0 aliphatic carbocycles. The molecule has 2 aromatic heterocycles. The maximum Gasteiger partial charge on any atom is 0.118 e. The van der Waals surface area contributed by atoms with Crippen molar-refractivity contribution in [2.75, 3.05) is 13.7 Å². The van der Waals surface area contributed by atoms with Crippen LogP contribution in [0.15, 0.2) is 73.1 Å². The average Bonchev–Trinajstić information content (AvgIpc) is 3.40. The maximum absolute atomic E-state index is 6.14. The molecule has 0 spiro atoms. The molecule has 2 aromatic carbocycles. The van der Waals surface area contributed by atoms with Crippen molar-refractivity contribution < 1.29 is 9.47 Å². The van der Waals surface area contributed by atoms with Crippen molar-refractivity contribution >= 4 is 11.6 Å². The fraction of sp³-hybridized carbons (Fsp3) is 0.231. The first-order valence-electron chi connectivity index (χ1n) is 10.7. The molecule has 4 aromatic rings. The molecule has 1 unspecified atom stereocenters. The zero-order chi connectivity index (χ0) is 21.9. The van der Waals surface area contributed by atoms with Gasteiger partial charge in [-0.3, -0.25) is 4.98 Å². The molecule has 32 heavy (non-hydrogen) atoms. The summed E-state index contributed by atoms with van der Waals surface area (Å²) in [7, 11) is 1.67.